The molecule has 3 fully saturated rings. The van der Waals surface area contributed by atoms with Gasteiger partial charge in [-0.3, -0.25) is 9.89 Å². The summed E-state index contributed by atoms with van der Waals surface area (Å²) in [4.78, 5) is 9.87. The molecule has 0 unspecified atom stereocenters. The third kappa shape index (κ3) is 4.92. The highest BCUT2D eigenvalue weighted by Gasteiger charge is 2.38. The fraction of sp³-hybridized carbons (Fsp3) is 0.952. The van der Waals surface area contributed by atoms with Crippen molar-refractivity contribution in [3.63, 3.8) is 0 Å². The van der Waals surface area contributed by atoms with E-state index in [-0.39, 0.29) is 0 Å². The van der Waals surface area contributed by atoms with Gasteiger partial charge in [-0.1, -0.05) is 25.7 Å². The molecule has 3 aliphatic rings. The van der Waals surface area contributed by atoms with Crippen LogP contribution in [0, 0.1) is 0 Å². The van der Waals surface area contributed by atoms with Gasteiger partial charge in [0.05, 0.1) is 6.10 Å². The summed E-state index contributed by atoms with van der Waals surface area (Å²) < 4.78 is 5.80. The Morgan fingerprint density at radius 1 is 1.00 bits per heavy atom. The van der Waals surface area contributed by atoms with Crippen LogP contribution in [0.4, 0.5) is 0 Å². The van der Waals surface area contributed by atoms with E-state index in [1.165, 1.54) is 64.5 Å². The third-order valence-electron chi connectivity index (χ3n) is 6.74. The van der Waals surface area contributed by atoms with Gasteiger partial charge in [0, 0.05) is 38.8 Å². The van der Waals surface area contributed by atoms with Gasteiger partial charge in [0.2, 0.25) is 0 Å². The van der Waals surface area contributed by atoms with Crippen LogP contribution in [0.25, 0.3) is 0 Å². The van der Waals surface area contributed by atoms with E-state index in [1.807, 2.05) is 7.05 Å². The van der Waals surface area contributed by atoms with E-state index in [4.69, 9.17) is 4.74 Å². The minimum absolute atomic E-state index is 0.359. The molecule has 26 heavy (non-hydrogen) atoms. The van der Waals surface area contributed by atoms with Gasteiger partial charge in [-0.05, 0) is 58.5 Å². The Balaban J connectivity index is 1.57. The van der Waals surface area contributed by atoms with Gasteiger partial charge in [0.1, 0.15) is 0 Å². The second-order valence-electron chi connectivity index (χ2n) is 8.38. The normalized spacial score (nSPS) is 26.1. The molecule has 0 aromatic heterocycles. The molecule has 0 aromatic carbocycles. The number of hydrogen-bond acceptors (Lipinski definition) is 3. The van der Waals surface area contributed by atoms with Crippen LogP contribution in [0.3, 0.4) is 0 Å². The monoisotopic (exact) mass is 364 g/mol. The zero-order valence-electron chi connectivity index (χ0n) is 17.1. The van der Waals surface area contributed by atoms with E-state index >= 15 is 0 Å². The van der Waals surface area contributed by atoms with Gasteiger partial charge >= 0.3 is 0 Å². The molecule has 3 rings (SSSR count). The number of nitrogens with zero attached hydrogens (tertiary/aromatic N) is 3. The Kier molecular flexibility index (Phi) is 7.62. The summed E-state index contributed by atoms with van der Waals surface area (Å²) in [5.74, 6) is 1.10. The number of hydrogen-bond donors (Lipinski definition) is 1. The first-order chi connectivity index (χ1) is 12.8. The molecule has 0 aromatic rings. The summed E-state index contributed by atoms with van der Waals surface area (Å²) in [6.07, 6.45) is 13.7. The maximum absolute atomic E-state index is 5.80. The highest BCUT2D eigenvalue weighted by atomic mass is 16.5. The number of likely N-dealkylation sites (tertiary alicyclic amines) is 2. The van der Waals surface area contributed by atoms with Crippen molar-refractivity contribution in [2.45, 2.75) is 82.8 Å². The first-order valence-corrected chi connectivity index (χ1v) is 11.1. The summed E-state index contributed by atoms with van der Waals surface area (Å²) in [6, 6.07) is 0. The van der Waals surface area contributed by atoms with E-state index in [1.54, 1.807) is 0 Å². The number of rotatable bonds is 5. The summed E-state index contributed by atoms with van der Waals surface area (Å²) in [7, 11) is 1.94. The predicted octanol–water partition coefficient (Wildman–Crippen LogP) is 3.25. The molecular weight excluding hydrogens is 324 g/mol. The van der Waals surface area contributed by atoms with Gasteiger partial charge in [-0.15, -0.1) is 0 Å². The van der Waals surface area contributed by atoms with E-state index in [0.29, 0.717) is 11.6 Å². The van der Waals surface area contributed by atoms with Crippen molar-refractivity contribution < 1.29 is 4.74 Å². The lowest BCUT2D eigenvalue weighted by Gasteiger charge is -2.49. The molecular formula is C21H40N4O. The van der Waals surface area contributed by atoms with Crippen molar-refractivity contribution in [2.75, 3.05) is 46.4 Å². The molecule has 2 heterocycles. The lowest BCUT2D eigenvalue weighted by atomic mass is 9.79. The van der Waals surface area contributed by atoms with Crippen molar-refractivity contribution in [2.24, 2.45) is 4.99 Å². The Bertz CT molecular complexity index is 433. The van der Waals surface area contributed by atoms with Crippen LogP contribution in [0.5, 0.6) is 0 Å². The maximum atomic E-state index is 5.80. The largest absolute Gasteiger partial charge is 0.378 e. The minimum Gasteiger partial charge on any atom is -0.378 e. The number of piperidine rings is 2. The van der Waals surface area contributed by atoms with E-state index in [9.17, 15) is 0 Å². The Hall–Kier alpha value is -0.810. The smallest absolute Gasteiger partial charge is 0.193 e. The average molecular weight is 365 g/mol. The second kappa shape index (κ2) is 9.93. The van der Waals surface area contributed by atoms with Crippen LogP contribution in [0.2, 0.25) is 0 Å². The maximum Gasteiger partial charge on any atom is 0.193 e. The van der Waals surface area contributed by atoms with Crippen LogP contribution in [0.15, 0.2) is 4.99 Å². The second-order valence-corrected chi connectivity index (χ2v) is 8.38. The Morgan fingerprint density at radius 3 is 2.27 bits per heavy atom. The summed E-state index contributed by atoms with van der Waals surface area (Å²) in [5.41, 5.74) is 0.359. The van der Waals surface area contributed by atoms with Crippen LogP contribution >= 0.6 is 0 Å². The predicted molar refractivity (Wildman–Crippen MR) is 109 cm³/mol. The van der Waals surface area contributed by atoms with Gasteiger partial charge < -0.3 is 15.0 Å². The number of nitrogens with one attached hydrogen (secondary N) is 1. The third-order valence-corrected chi connectivity index (χ3v) is 6.74. The standard InChI is InChI=1S/C21H40N4O/c1-3-26-19-10-16-24(17-11-19)20(22-2)23-18-21(12-6-4-7-13-21)25-14-8-5-9-15-25/h19H,3-18H2,1-2H3,(H,22,23). The van der Waals surface area contributed by atoms with Gasteiger partial charge in [-0.25, -0.2) is 0 Å². The summed E-state index contributed by atoms with van der Waals surface area (Å²) in [6.45, 7) is 8.68. The number of guanidine groups is 1. The highest BCUT2D eigenvalue weighted by Crippen LogP contribution is 2.35. The molecule has 0 bridgehead atoms. The molecule has 2 aliphatic heterocycles. The van der Waals surface area contributed by atoms with Crippen LogP contribution < -0.4 is 5.32 Å². The Labute approximate surface area is 160 Å². The van der Waals surface area contributed by atoms with Crippen molar-refractivity contribution in [1.82, 2.24) is 15.1 Å². The van der Waals surface area contributed by atoms with E-state index in [0.717, 1.165) is 45.0 Å². The molecule has 0 spiro atoms. The molecule has 5 heteroatoms. The molecule has 0 amide bonds. The molecule has 1 N–H and O–H groups in total. The summed E-state index contributed by atoms with van der Waals surface area (Å²) in [5, 5.41) is 3.79. The van der Waals surface area contributed by atoms with Crippen LogP contribution in [-0.2, 0) is 4.74 Å². The highest BCUT2D eigenvalue weighted by molar-refractivity contribution is 5.80. The molecule has 1 saturated carbocycles. The fourth-order valence-electron chi connectivity index (χ4n) is 5.23. The van der Waals surface area contributed by atoms with Gasteiger partial charge in [0.15, 0.2) is 5.96 Å². The van der Waals surface area contributed by atoms with Crippen LogP contribution in [0.1, 0.15) is 71.1 Å². The molecule has 0 atom stereocenters. The van der Waals surface area contributed by atoms with Gasteiger partial charge in [0.25, 0.3) is 0 Å². The first-order valence-electron chi connectivity index (χ1n) is 11.1. The average Bonchev–Trinajstić information content (AvgIpc) is 2.71. The lowest BCUT2D eigenvalue weighted by molar-refractivity contribution is 0.0243. The van der Waals surface area contributed by atoms with Crippen molar-refractivity contribution in [3.05, 3.63) is 0 Å². The van der Waals surface area contributed by atoms with Crippen molar-refractivity contribution >= 4 is 5.96 Å². The quantitative estimate of drug-likeness (QED) is 0.600. The molecule has 5 nitrogen and oxygen atoms in total. The first kappa shape index (κ1) is 19.9. The van der Waals surface area contributed by atoms with E-state index in [2.05, 4.69) is 27.0 Å². The fourth-order valence-corrected chi connectivity index (χ4v) is 5.23. The molecule has 2 saturated heterocycles. The van der Waals surface area contributed by atoms with Crippen molar-refractivity contribution in [1.29, 1.82) is 0 Å². The number of ether oxygens (including phenoxy) is 1. The molecule has 0 radical (unpaired) electrons. The minimum atomic E-state index is 0.359. The zero-order chi connectivity index (χ0) is 18.2. The number of aliphatic imine (C=N–C) groups is 1. The zero-order valence-corrected chi connectivity index (χ0v) is 17.1. The lowest BCUT2D eigenvalue weighted by Crippen LogP contribution is -2.59. The Morgan fingerprint density at radius 2 is 1.65 bits per heavy atom. The summed E-state index contributed by atoms with van der Waals surface area (Å²) >= 11 is 0. The van der Waals surface area contributed by atoms with Crippen molar-refractivity contribution in [3.8, 4) is 0 Å². The SMILES string of the molecule is CCOC1CCN(C(=NC)NCC2(N3CCCCC3)CCCCC2)CC1. The molecule has 150 valence electrons. The topological polar surface area (TPSA) is 40.1 Å². The van der Waals surface area contributed by atoms with Crippen LogP contribution in [-0.4, -0.2) is 73.8 Å². The van der Waals surface area contributed by atoms with E-state index < -0.39 is 0 Å². The molecule has 1 aliphatic carbocycles. The van der Waals surface area contributed by atoms with Gasteiger partial charge in [-0.2, -0.15) is 0 Å².